The summed E-state index contributed by atoms with van der Waals surface area (Å²) >= 11 is 1.41. The van der Waals surface area contributed by atoms with Crippen LogP contribution in [0.1, 0.15) is 36.8 Å². The highest BCUT2D eigenvalue weighted by Gasteiger charge is 2.22. The largest absolute Gasteiger partial charge is 0.437 e. The van der Waals surface area contributed by atoms with Gasteiger partial charge in [-0.05, 0) is 29.2 Å². The van der Waals surface area contributed by atoms with E-state index in [4.69, 9.17) is 4.74 Å². The Morgan fingerprint density at radius 1 is 0.970 bits per heavy atom. The number of nitrogens with one attached hydrogen (secondary N) is 2. The molecule has 33 heavy (non-hydrogen) atoms. The van der Waals surface area contributed by atoms with Gasteiger partial charge in [0.25, 0.3) is 5.91 Å². The van der Waals surface area contributed by atoms with E-state index < -0.39 is 0 Å². The van der Waals surface area contributed by atoms with Gasteiger partial charge in [-0.3, -0.25) is 4.79 Å². The molecule has 2 heterocycles. The van der Waals surface area contributed by atoms with Gasteiger partial charge in [0.1, 0.15) is 17.1 Å². The van der Waals surface area contributed by atoms with Crippen molar-refractivity contribution in [1.82, 2.24) is 15.3 Å². The fourth-order valence-corrected chi connectivity index (χ4v) is 4.37. The van der Waals surface area contributed by atoms with E-state index in [-0.39, 0.29) is 11.3 Å². The van der Waals surface area contributed by atoms with Crippen LogP contribution in [0.5, 0.6) is 11.6 Å². The summed E-state index contributed by atoms with van der Waals surface area (Å²) in [4.78, 5) is 22.3. The monoisotopic (exact) mass is 458 g/mol. The van der Waals surface area contributed by atoms with Crippen molar-refractivity contribution in [3.8, 4) is 22.1 Å². The van der Waals surface area contributed by atoms with Crippen LogP contribution < -0.4 is 15.4 Å². The number of aromatic nitrogens is 2. The lowest BCUT2D eigenvalue weighted by Crippen LogP contribution is -2.19. The predicted molar refractivity (Wildman–Crippen MR) is 134 cm³/mol. The molecule has 0 spiro atoms. The highest BCUT2D eigenvalue weighted by Crippen LogP contribution is 2.38. The molecule has 4 rings (SSSR count). The lowest BCUT2D eigenvalue weighted by atomic mass is 9.86. The smallest absolute Gasteiger partial charge is 0.271 e. The van der Waals surface area contributed by atoms with Crippen molar-refractivity contribution >= 4 is 28.1 Å². The lowest BCUT2D eigenvalue weighted by molar-refractivity contribution is 0.0959. The van der Waals surface area contributed by atoms with Crippen molar-refractivity contribution in [2.24, 2.45) is 0 Å². The average molecular weight is 459 g/mol. The predicted octanol–water partition coefficient (Wildman–Crippen LogP) is 6.40. The van der Waals surface area contributed by atoms with E-state index in [0.29, 0.717) is 22.4 Å². The Morgan fingerprint density at radius 2 is 1.70 bits per heavy atom. The topological polar surface area (TPSA) is 76.1 Å². The second-order valence-electron chi connectivity index (χ2n) is 8.47. The Labute approximate surface area is 197 Å². The first-order valence-electron chi connectivity index (χ1n) is 10.6. The van der Waals surface area contributed by atoms with Gasteiger partial charge < -0.3 is 15.4 Å². The zero-order valence-corrected chi connectivity index (χ0v) is 19.9. The minimum atomic E-state index is -0.236. The van der Waals surface area contributed by atoms with E-state index in [9.17, 15) is 4.79 Å². The van der Waals surface area contributed by atoms with Crippen LogP contribution >= 0.6 is 11.3 Å². The molecule has 0 fully saturated rings. The number of anilines is 2. The molecule has 2 N–H and O–H groups in total. The summed E-state index contributed by atoms with van der Waals surface area (Å²) in [5.41, 5.74) is 2.98. The number of rotatable bonds is 6. The third kappa shape index (κ3) is 5.04. The minimum absolute atomic E-state index is 0.0821. The Morgan fingerprint density at radius 3 is 2.42 bits per heavy atom. The van der Waals surface area contributed by atoms with Crippen LogP contribution in [0.2, 0.25) is 0 Å². The summed E-state index contributed by atoms with van der Waals surface area (Å²) in [7, 11) is 1.60. The average Bonchev–Trinajstić information content (AvgIpc) is 3.24. The fourth-order valence-electron chi connectivity index (χ4n) is 3.39. The van der Waals surface area contributed by atoms with Gasteiger partial charge in [-0.25, -0.2) is 9.97 Å². The lowest BCUT2D eigenvalue weighted by Gasteiger charge is -2.22. The Bertz CT molecular complexity index is 1260. The molecule has 0 bridgehead atoms. The molecule has 6 nitrogen and oxygen atoms in total. The number of hydrogen-bond donors (Lipinski definition) is 2. The third-order valence-electron chi connectivity index (χ3n) is 5.02. The standard InChI is InChI=1S/C26H26N4O2S/c1-26(2,3)18-13-8-9-15-20(18)32-24-19(14-10-16-28-24)29-25-30-21(23(31)27-4)22(33-25)17-11-6-5-7-12-17/h5-16H,1-4H3,(H,27,31)(H,29,30). The Hall–Kier alpha value is -3.71. The maximum Gasteiger partial charge on any atom is 0.271 e. The molecular weight excluding hydrogens is 432 g/mol. The van der Waals surface area contributed by atoms with Gasteiger partial charge in [-0.15, -0.1) is 0 Å². The molecule has 0 saturated heterocycles. The number of carbonyl (C=O) groups excluding carboxylic acids is 1. The highest BCUT2D eigenvalue weighted by atomic mass is 32.1. The van der Waals surface area contributed by atoms with Crippen molar-refractivity contribution in [3.63, 3.8) is 0 Å². The number of thiazole rings is 1. The van der Waals surface area contributed by atoms with Crippen molar-refractivity contribution in [2.75, 3.05) is 12.4 Å². The first-order chi connectivity index (χ1) is 15.9. The Balaban J connectivity index is 1.69. The number of amides is 1. The molecule has 0 atom stereocenters. The molecule has 0 radical (unpaired) electrons. The van der Waals surface area contributed by atoms with E-state index >= 15 is 0 Å². The van der Waals surface area contributed by atoms with Crippen molar-refractivity contribution < 1.29 is 9.53 Å². The van der Waals surface area contributed by atoms with Crippen LogP contribution in [-0.2, 0) is 5.41 Å². The number of hydrogen-bond acceptors (Lipinski definition) is 6. The maximum atomic E-state index is 12.5. The van der Waals surface area contributed by atoms with Crippen LogP contribution in [0.4, 0.5) is 10.8 Å². The van der Waals surface area contributed by atoms with E-state index in [2.05, 4.69) is 47.4 Å². The van der Waals surface area contributed by atoms with Crippen molar-refractivity contribution in [3.05, 3.63) is 84.2 Å². The van der Waals surface area contributed by atoms with Gasteiger partial charge in [0.2, 0.25) is 5.88 Å². The molecule has 2 aromatic carbocycles. The Kier molecular flexibility index (Phi) is 6.42. The molecule has 1 amide bonds. The van der Waals surface area contributed by atoms with Gasteiger partial charge in [0.15, 0.2) is 5.13 Å². The number of nitrogens with zero attached hydrogens (tertiary/aromatic N) is 2. The first-order valence-corrected chi connectivity index (χ1v) is 11.5. The summed E-state index contributed by atoms with van der Waals surface area (Å²) in [6.07, 6.45) is 1.69. The number of carbonyl (C=O) groups is 1. The zero-order valence-electron chi connectivity index (χ0n) is 19.0. The van der Waals surface area contributed by atoms with Gasteiger partial charge in [-0.2, -0.15) is 0 Å². The van der Waals surface area contributed by atoms with Gasteiger partial charge in [-0.1, -0.05) is 80.6 Å². The number of benzene rings is 2. The molecule has 2 aromatic heterocycles. The van der Waals surface area contributed by atoms with Crippen LogP contribution in [0.3, 0.4) is 0 Å². The number of pyridine rings is 1. The van der Waals surface area contributed by atoms with Gasteiger partial charge in [0, 0.05) is 18.8 Å². The summed E-state index contributed by atoms with van der Waals surface area (Å²) in [6, 6.07) is 21.4. The molecule has 4 aromatic rings. The normalized spacial score (nSPS) is 11.2. The highest BCUT2D eigenvalue weighted by molar-refractivity contribution is 7.19. The van der Waals surface area contributed by atoms with Crippen LogP contribution in [-0.4, -0.2) is 22.9 Å². The molecule has 0 aliphatic rings. The minimum Gasteiger partial charge on any atom is -0.437 e. The zero-order chi connectivity index (χ0) is 23.4. The van der Waals surface area contributed by atoms with Crippen LogP contribution in [0.25, 0.3) is 10.4 Å². The summed E-state index contributed by atoms with van der Waals surface area (Å²) in [5, 5.41) is 6.55. The van der Waals surface area contributed by atoms with Gasteiger partial charge >= 0.3 is 0 Å². The summed E-state index contributed by atoms with van der Waals surface area (Å²) in [5.74, 6) is 0.953. The molecule has 168 valence electrons. The SMILES string of the molecule is CNC(=O)c1nc(Nc2cccnc2Oc2ccccc2C(C)(C)C)sc1-c1ccccc1. The molecule has 0 unspecified atom stereocenters. The van der Waals surface area contributed by atoms with Crippen LogP contribution in [0, 0.1) is 0 Å². The number of ether oxygens (including phenoxy) is 1. The molecule has 0 aliphatic carbocycles. The van der Waals surface area contributed by atoms with Gasteiger partial charge in [0.05, 0.1) is 4.88 Å². The summed E-state index contributed by atoms with van der Waals surface area (Å²) in [6.45, 7) is 6.44. The molecule has 0 aliphatic heterocycles. The van der Waals surface area contributed by atoms with Crippen molar-refractivity contribution in [1.29, 1.82) is 0 Å². The van der Waals surface area contributed by atoms with Crippen molar-refractivity contribution in [2.45, 2.75) is 26.2 Å². The number of para-hydroxylation sites is 1. The second-order valence-corrected chi connectivity index (χ2v) is 9.47. The van der Waals surface area contributed by atoms with E-state index in [1.54, 1.807) is 13.2 Å². The molecule has 0 saturated carbocycles. The molecule has 7 heteroatoms. The van der Waals surface area contributed by atoms with E-state index in [1.165, 1.54) is 11.3 Å². The fraction of sp³-hybridized carbons (Fsp3) is 0.192. The first kappa shape index (κ1) is 22.5. The van der Waals surface area contributed by atoms with E-state index in [0.717, 1.165) is 21.8 Å². The maximum absolute atomic E-state index is 12.5. The van der Waals surface area contributed by atoms with Crippen LogP contribution in [0.15, 0.2) is 72.9 Å². The summed E-state index contributed by atoms with van der Waals surface area (Å²) < 4.78 is 6.25. The van der Waals surface area contributed by atoms with E-state index in [1.807, 2.05) is 60.7 Å². The molecular formula is C26H26N4O2S. The second kappa shape index (κ2) is 9.42. The quantitative estimate of drug-likeness (QED) is 0.350. The third-order valence-corrected chi connectivity index (χ3v) is 6.04.